The van der Waals surface area contributed by atoms with Crippen LogP contribution in [0.4, 0.5) is 5.69 Å². The van der Waals surface area contributed by atoms with Crippen LogP contribution in [0.1, 0.15) is 40.7 Å². The number of anilines is 1. The van der Waals surface area contributed by atoms with Gasteiger partial charge in [0.25, 0.3) is 5.91 Å². The first-order chi connectivity index (χ1) is 12.6. The van der Waals surface area contributed by atoms with Crippen molar-refractivity contribution in [3.63, 3.8) is 0 Å². The molecule has 0 bridgehead atoms. The molecule has 2 N–H and O–H groups in total. The Morgan fingerprint density at radius 3 is 2.65 bits per heavy atom. The highest BCUT2D eigenvalue weighted by molar-refractivity contribution is 5.99. The Bertz CT molecular complexity index is 850. The zero-order chi connectivity index (χ0) is 18.1. The third-order valence-corrected chi connectivity index (χ3v) is 5.78. The van der Waals surface area contributed by atoms with Crippen molar-refractivity contribution in [1.82, 2.24) is 5.48 Å². The maximum Gasteiger partial charge on any atom is 0.274 e. The molecule has 4 rings (SSSR count). The van der Waals surface area contributed by atoms with Gasteiger partial charge >= 0.3 is 0 Å². The van der Waals surface area contributed by atoms with E-state index in [9.17, 15) is 9.59 Å². The summed E-state index contributed by atoms with van der Waals surface area (Å²) in [5.41, 5.74) is 4.98. The Hall–Kier alpha value is -2.66. The molecular formula is C21H22N2O3. The largest absolute Gasteiger partial charge is 0.312 e. The van der Waals surface area contributed by atoms with Gasteiger partial charge in [-0.05, 0) is 67.5 Å². The van der Waals surface area contributed by atoms with E-state index in [1.807, 2.05) is 47.4 Å². The van der Waals surface area contributed by atoms with Crippen LogP contribution < -0.4 is 10.4 Å². The number of aryl methyl sites for hydroxylation is 1. The summed E-state index contributed by atoms with van der Waals surface area (Å²) in [6.07, 6.45) is 4.20. The van der Waals surface area contributed by atoms with Crippen molar-refractivity contribution in [3.05, 3.63) is 65.2 Å². The summed E-state index contributed by atoms with van der Waals surface area (Å²) in [5, 5.41) is 8.81. The molecule has 1 fully saturated rings. The Kier molecular flexibility index (Phi) is 4.24. The summed E-state index contributed by atoms with van der Waals surface area (Å²) in [6, 6.07) is 15.4. The highest BCUT2D eigenvalue weighted by Gasteiger charge is 2.46. The molecule has 1 atom stereocenters. The molecule has 1 unspecified atom stereocenters. The predicted octanol–water partition coefficient (Wildman–Crippen LogP) is 3.11. The molecule has 2 aromatic carbocycles. The van der Waals surface area contributed by atoms with Crippen molar-refractivity contribution in [2.24, 2.45) is 5.41 Å². The molecule has 2 amide bonds. The number of nitrogens with zero attached hydrogens (tertiary/aromatic N) is 1. The van der Waals surface area contributed by atoms with Gasteiger partial charge in [-0.2, -0.15) is 0 Å². The van der Waals surface area contributed by atoms with Gasteiger partial charge in [0.05, 0.1) is 5.41 Å². The van der Waals surface area contributed by atoms with E-state index >= 15 is 0 Å². The minimum atomic E-state index is -0.503. The van der Waals surface area contributed by atoms with Crippen LogP contribution in [0.3, 0.4) is 0 Å². The summed E-state index contributed by atoms with van der Waals surface area (Å²) < 4.78 is 0. The van der Waals surface area contributed by atoms with Crippen molar-refractivity contribution in [1.29, 1.82) is 0 Å². The highest BCUT2D eigenvalue weighted by Crippen LogP contribution is 2.44. The van der Waals surface area contributed by atoms with Crippen molar-refractivity contribution >= 4 is 17.5 Å². The number of hydroxylamine groups is 1. The summed E-state index contributed by atoms with van der Waals surface area (Å²) in [5.74, 6) is -0.283. The molecule has 0 saturated carbocycles. The lowest BCUT2D eigenvalue weighted by Gasteiger charge is -2.44. The number of carbonyl (C=O) groups excluding carboxylic acids is 2. The van der Waals surface area contributed by atoms with Gasteiger partial charge in [-0.25, -0.2) is 5.48 Å². The minimum absolute atomic E-state index is 0.220. The first kappa shape index (κ1) is 16.8. The molecule has 134 valence electrons. The second-order valence-electron chi connectivity index (χ2n) is 7.28. The van der Waals surface area contributed by atoms with Gasteiger partial charge in [0.15, 0.2) is 0 Å². The lowest BCUT2D eigenvalue weighted by atomic mass is 9.66. The third kappa shape index (κ3) is 2.78. The Morgan fingerprint density at radius 2 is 1.88 bits per heavy atom. The molecule has 1 aliphatic heterocycles. The van der Waals surface area contributed by atoms with E-state index in [1.54, 1.807) is 11.5 Å². The molecule has 1 spiro atoms. The second kappa shape index (κ2) is 6.57. The molecule has 2 aliphatic rings. The lowest BCUT2D eigenvalue weighted by Crippen LogP contribution is -2.51. The number of nitrogens with one attached hydrogen (secondary N) is 1. The van der Waals surface area contributed by atoms with Crippen molar-refractivity contribution < 1.29 is 14.8 Å². The van der Waals surface area contributed by atoms with Gasteiger partial charge in [-0.1, -0.05) is 24.3 Å². The summed E-state index contributed by atoms with van der Waals surface area (Å²) in [7, 11) is 0. The number of amides is 2. The van der Waals surface area contributed by atoms with E-state index in [0.717, 1.165) is 49.0 Å². The van der Waals surface area contributed by atoms with Crippen LogP contribution in [0, 0.1) is 5.41 Å². The number of rotatable bonds is 2. The number of piperidine rings is 1. The minimum Gasteiger partial charge on any atom is -0.312 e. The molecule has 26 heavy (non-hydrogen) atoms. The molecule has 0 aromatic heterocycles. The Balaban J connectivity index is 1.62. The molecule has 1 aliphatic carbocycles. The highest BCUT2D eigenvalue weighted by atomic mass is 16.5. The topological polar surface area (TPSA) is 69.6 Å². The van der Waals surface area contributed by atoms with Crippen molar-refractivity contribution in [3.8, 4) is 0 Å². The number of para-hydroxylation sites is 1. The monoisotopic (exact) mass is 350 g/mol. The molecule has 5 nitrogen and oxygen atoms in total. The lowest BCUT2D eigenvalue weighted by molar-refractivity contribution is -0.131. The van der Waals surface area contributed by atoms with Gasteiger partial charge in [-0.15, -0.1) is 0 Å². The zero-order valence-corrected chi connectivity index (χ0v) is 14.6. The van der Waals surface area contributed by atoms with E-state index in [0.29, 0.717) is 12.0 Å². The predicted molar refractivity (Wildman–Crippen MR) is 98.2 cm³/mol. The number of fused-ring (bicyclic) bond motifs is 1. The fraction of sp³-hybridized carbons (Fsp3) is 0.333. The molecule has 0 radical (unpaired) electrons. The quantitative estimate of drug-likeness (QED) is 0.646. The van der Waals surface area contributed by atoms with Crippen LogP contribution in [0.15, 0.2) is 48.5 Å². The van der Waals surface area contributed by atoms with Crippen LogP contribution in [0.2, 0.25) is 0 Å². The van der Waals surface area contributed by atoms with Gasteiger partial charge in [0.1, 0.15) is 0 Å². The van der Waals surface area contributed by atoms with Gasteiger partial charge in [-0.3, -0.25) is 14.8 Å². The number of benzene rings is 2. The average Bonchev–Trinajstić information content (AvgIpc) is 2.70. The smallest absolute Gasteiger partial charge is 0.274 e. The van der Waals surface area contributed by atoms with E-state index in [2.05, 4.69) is 0 Å². The molecule has 1 saturated heterocycles. The van der Waals surface area contributed by atoms with Crippen molar-refractivity contribution in [2.45, 2.75) is 32.1 Å². The normalized spacial score (nSPS) is 22.2. The third-order valence-electron chi connectivity index (χ3n) is 5.78. The van der Waals surface area contributed by atoms with E-state index < -0.39 is 5.91 Å². The van der Waals surface area contributed by atoms with Crippen LogP contribution in [0.5, 0.6) is 0 Å². The molecule has 5 heteroatoms. The standard InChI is InChI=1S/C21H22N2O3/c24-19(22-26)16-7-8-17-14-21(11-9-15(17)13-16)10-4-12-23(20(21)25)18-5-2-1-3-6-18/h1-3,5-8,13,26H,4,9-12,14H2,(H,22,24). The maximum atomic E-state index is 13.4. The molecule has 1 heterocycles. The van der Waals surface area contributed by atoms with Crippen molar-refractivity contribution in [2.75, 3.05) is 11.4 Å². The first-order valence-corrected chi connectivity index (χ1v) is 9.06. The molecular weight excluding hydrogens is 328 g/mol. The van der Waals surface area contributed by atoms with Gasteiger partial charge in [0.2, 0.25) is 5.91 Å². The summed E-state index contributed by atoms with van der Waals surface area (Å²) >= 11 is 0. The van der Waals surface area contributed by atoms with Gasteiger partial charge in [0, 0.05) is 17.8 Å². The van der Waals surface area contributed by atoms with Crippen LogP contribution >= 0.6 is 0 Å². The van der Waals surface area contributed by atoms with E-state index in [4.69, 9.17) is 5.21 Å². The van der Waals surface area contributed by atoms with Crippen LogP contribution in [-0.2, 0) is 17.6 Å². The number of hydrogen-bond acceptors (Lipinski definition) is 3. The van der Waals surface area contributed by atoms with Crippen LogP contribution in [-0.4, -0.2) is 23.6 Å². The SMILES string of the molecule is O=C(NO)c1ccc2c(c1)CCC1(CCCN(c3ccccc3)C1=O)C2. The Labute approximate surface area is 152 Å². The molecule has 2 aromatic rings. The average molecular weight is 350 g/mol. The second-order valence-corrected chi connectivity index (χ2v) is 7.28. The van der Waals surface area contributed by atoms with E-state index in [-0.39, 0.29) is 11.3 Å². The number of hydrogen-bond donors (Lipinski definition) is 2. The number of carbonyl (C=O) groups is 2. The summed E-state index contributed by atoms with van der Waals surface area (Å²) in [6.45, 7) is 0.771. The van der Waals surface area contributed by atoms with Crippen LogP contribution in [0.25, 0.3) is 0 Å². The Morgan fingerprint density at radius 1 is 1.08 bits per heavy atom. The fourth-order valence-electron chi connectivity index (χ4n) is 4.38. The van der Waals surface area contributed by atoms with Gasteiger partial charge < -0.3 is 4.90 Å². The fourth-order valence-corrected chi connectivity index (χ4v) is 4.38. The summed E-state index contributed by atoms with van der Waals surface area (Å²) in [4.78, 5) is 26.9. The van der Waals surface area contributed by atoms with E-state index in [1.165, 1.54) is 0 Å². The first-order valence-electron chi connectivity index (χ1n) is 9.06. The maximum absolute atomic E-state index is 13.4. The zero-order valence-electron chi connectivity index (χ0n) is 14.6.